The summed E-state index contributed by atoms with van der Waals surface area (Å²) in [5, 5.41) is 3.11. The molecule has 0 rings (SSSR count). The quantitative estimate of drug-likeness (QED) is 0.650. The molecule has 0 spiro atoms. The van der Waals surface area contributed by atoms with Crippen LogP contribution in [0.25, 0.3) is 0 Å². The molecule has 0 amide bonds. The van der Waals surface area contributed by atoms with E-state index >= 15 is 0 Å². The Kier molecular flexibility index (Phi) is 7.33. The third-order valence-electron chi connectivity index (χ3n) is 3.19. The first kappa shape index (κ1) is 16.9. The molecule has 0 aliphatic rings. The smallest absolute Gasteiger partial charge is 0.152 e. The zero-order valence-electron chi connectivity index (χ0n) is 12.0. The summed E-state index contributed by atoms with van der Waals surface area (Å²) in [6.07, 6.45) is 2.92. The normalized spacial score (nSPS) is 13.3. The van der Waals surface area contributed by atoms with Crippen LogP contribution in [0.5, 0.6) is 0 Å². The lowest BCUT2D eigenvalue weighted by Gasteiger charge is -2.25. The third kappa shape index (κ3) is 7.77. The molecule has 104 valence electrons. The molecule has 3 nitrogen and oxygen atoms in total. The second-order valence-electron chi connectivity index (χ2n) is 5.83. The van der Waals surface area contributed by atoms with Crippen molar-refractivity contribution in [2.75, 3.05) is 18.8 Å². The molecule has 0 aromatic heterocycles. The molecule has 0 bridgehead atoms. The fourth-order valence-corrected chi connectivity index (χ4v) is 2.82. The van der Waals surface area contributed by atoms with Crippen LogP contribution >= 0.6 is 0 Å². The zero-order valence-corrected chi connectivity index (χ0v) is 12.9. The molecule has 17 heavy (non-hydrogen) atoms. The summed E-state index contributed by atoms with van der Waals surface area (Å²) in [5.41, 5.74) is 0.0999. The van der Waals surface area contributed by atoms with Gasteiger partial charge in [0.15, 0.2) is 9.84 Å². The summed E-state index contributed by atoms with van der Waals surface area (Å²) >= 11 is 0. The highest BCUT2D eigenvalue weighted by atomic mass is 32.2. The molecule has 0 radical (unpaired) electrons. The van der Waals surface area contributed by atoms with Crippen molar-refractivity contribution in [1.29, 1.82) is 0 Å². The molecule has 0 atom stereocenters. The SMILES string of the molecule is CCCNCCC(C)(C)CCS(=O)(=O)C(C)C. The van der Waals surface area contributed by atoms with E-state index in [4.69, 9.17) is 0 Å². The average molecular weight is 263 g/mol. The van der Waals surface area contributed by atoms with Gasteiger partial charge in [0.25, 0.3) is 0 Å². The molecule has 0 saturated heterocycles. The van der Waals surface area contributed by atoms with E-state index in [1.165, 1.54) is 0 Å². The maximum Gasteiger partial charge on any atom is 0.152 e. The molecule has 0 aromatic rings. The molecule has 1 N–H and O–H groups in total. The van der Waals surface area contributed by atoms with Crippen LogP contribution in [0, 0.1) is 5.41 Å². The Balaban J connectivity index is 4.01. The van der Waals surface area contributed by atoms with Crippen molar-refractivity contribution >= 4 is 9.84 Å². The van der Waals surface area contributed by atoms with Gasteiger partial charge in [-0.05, 0) is 51.6 Å². The zero-order chi connectivity index (χ0) is 13.5. The molecular weight excluding hydrogens is 234 g/mol. The highest BCUT2D eigenvalue weighted by molar-refractivity contribution is 7.91. The fraction of sp³-hybridized carbons (Fsp3) is 1.00. The molecule has 0 aliphatic carbocycles. The molecule has 0 saturated carbocycles. The lowest BCUT2D eigenvalue weighted by molar-refractivity contribution is 0.316. The molecule has 0 aromatic carbocycles. The van der Waals surface area contributed by atoms with Gasteiger partial charge in [0.1, 0.15) is 0 Å². The molecular formula is C13H29NO2S. The number of rotatable bonds is 9. The van der Waals surface area contributed by atoms with Gasteiger partial charge in [-0.25, -0.2) is 8.42 Å². The van der Waals surface area contributed by atoms with E-state index in [1.54, 1.807) is 13.8 Å². The highest BCUT2D eigenvalue weighted by Gasteiger charge is 2.23. The van der Waals surface area contributed by atoms with Gasteiger partial charge in [-0.1, -0.05) is 20.8 Å². The van der Waals surface area contributed by atoms with Crippen LogP contribution in [0.15, 0.2) is 0 Å². The fourth-order valence-electron chi connectivity index (χ4n) is 1.51. The van der Waals surface area contributed by atoms with Crippen molar-refractivity contribution in [3.8, 4) is 0 Å². The third-order valence-corrected chi connectivity index (χ3v) is 5.40. The molecule has 0 fully saturated rings. The van der Waals surface area contributed by atoms with Crippen molar-refractivity contribution in [2.45, 2.75) is 59.1 Å². The summed E-state index contributed by atoms with van der Waals surface area (Å²) in [4.78, 5) is 0. The van der Waals surface area contributed by atoms with Gasteiger partial charge < -0.3 is 5.32 Å². The van der Waals surface area contributed by atoms with Gasteiger partial charge in [0.2, 0.25) is 0 Å². The summed E-state index contributed by atoms with van der Waals surface area (Å²) in [6, 6.07) is 0. The Morgan fingerprint density at radius 1 is 1.12 bits per heavy atom. The van der Waals surface area contributed by atoms with E-state index in [-0.39, 0.29) is 10.7 Å². The van der Waals surface area contributed by atoms with Crippen molar-refractivity contribution < 1.29 is 8.42 Å². The van der Waals surface area contributed by atoms with Crippen molar-refractivity contribution in [3.63, 3.8) is 0 Å². The van der Waals surface area contributed by atoms with Gasteiger partial charge in [-0.15, -0.1) is 0 Å². The van der Waals surface area contributed by atoms with Crippen LogP contribution < -0.4 is 5.32 Å². The summed E-state index contributed by atoms with van der Waals surface area (Å²) in [5.74, 6) is 0.311. The van der Waals surface area contributed by atoms with Crippen molar-refractivity contribution in [1.82, 2.24) is 5.32 Å². The predicted octanol–water partition coefficient (Wildman–Crippen LogP) is 2.62. The molecule has 0 heterocycles. The van der Waals surface area contributed by atoms with Crippen LogP contribution in [-0.4, -0.2) is 32.5 Å². The lowest BCUT2D eigenvalue weighted by Crippen LogP contribution is -2.27. The second-order valence-corrected chi connectivity index (χ2v) is 8.51. The monoisotopic (exact) mass is 263 g/mol. The topological polar surface area (TPSA) is 46.2 Å². The maximum atomic E-state index is 11.7. The number of hydrogen-bond donors (Lipinski definition) is 1. The molecule has 0 unspecified atom stereocenters. The van der Waals surface area contributed by atoms with Crippen molar-refractivity contribution in [2.24, 2.45) is 5.41 Å². The minimum absolute atomic E-state index is 0.0999. The van der Waals surface area contributed by atoms with Gasteiger partial charge in [-0.2, -0.15) is 0 Å². The Morgan fingerprint density at radius 2 is 1.71 bits per heavy atom. The van der Waals surface area contributed by atoms with Crippen LogP contribution in [0.4, 0.5) is 0 Å². The minimum atomic E-state index is -2.89. The standard InChI is InChI=1S/C13H29NO2S/c1-6-9-14-10-7-13(4,5)8-11-17(15,16)12(2)3/h12,14H,6-11H2,1-5H3. The van der Waals surface area contributed by atoms with Crippen LogP contribution in [0.2, 0.25) is 0 Å². The van der Waals surface area contributed by atoms with E-state index < -0.39 is 9.84 Å². The van der Waals surface area contributed by atoms with Gasteiger partial charge in [0.05, 0.1) is 11.0 Å². The number of nitrogens with one attached hydrogen (secondary N) is 1. The van der Waals surface area contributed by atoms with E-state index in [0.717, 1.165) is 32.4 Å². The van der Waals surface area contributed by atoms with E-state index in [0.29, 0.717) is 5.75 Å². The maximum absolute atomic E-state index is 11.7. The Morgan fingerprint density at radius 3 is 2.18 bits per heavy atom. The number of sulfone groups is 1. The van der Waals surface area contributed by atoms with E-state index in [1.807, 2.05) is 0 Å². The van der Waals surface area contributed by atoms with Gasteiger partial charge in [0, 0.05) is 0 Å². The first-order valence-corrected chi connectivity index (χ1v) is 8.35. The molecule has 0 aliphatic heterocycles. The summed E-state index contributed by atoms with van der Waals surface area (Å²) in [7, 11) is -2.89. The van der Waals surface area contributed by atoms with E-state index in [9.17, 15) is 8.42 Å². The largest absolute Gasteiger partial charge is 0.317 e. The predicted molar refractivity (Wildman–Crippen MR) is 75.1 cm³/mol. The summed E-state index contributed by atoms with van der Waals surface area (Å²) < 4.78 is 23.5. The minimum Gasteiger partial charge on any atom is -0.317 e. The number of hydrogen-bond acceptors (Lipinski definition) is 3. The van der Waals surface area contributed by atoms with Crippen LogP contribution in [-0.2, 0) is 9.84 Å². The molecule has 4 heteroatoms. The Labute approximate surface area is 107 Å². The first-order chi connectivity index (χ1) is 7.71. The second kappa shape index (κ2) is 7.37. The Hall–Kier alpha value is -0.0900. The lowest BCUT2D eigenvalue weighted by atomic mass is 9.86. The summed E-state index contributed by atoms with van der Waals surface area (Å²) in [6.45, 7) is 12.0. The average Bonchev–Trinajstić information content (AvgIpc) is 2.22. The Bertz CT molecular complexity index is 295. The highest BCUT2D eigenvalue weighted by Crippen LogP contribution is 2.25. The first-order valence-electron chi connectivity index (χ1n) is 6.63. The van der Waals surface area contributed by atoms with Crippen molar-refractivity contribution in [3.05, 3.63) is 0 Å². The van der Waals surface area contributed by atoms with Crippen LogP contribution in [0.3, 0.4) is 0 Å². The van der Waals surface area contributed by atoms with Gasteiger partial charge in [-0.3, -0.25) is 0 Å². The van der Waals surface area contributed by atoms with Crippen LogP contribution in [0.1, 0.15) is 53.9 Å². The van der Waals surface area contributed by atoms with Gasteiger partial charge >= 0.3 is 0 Å². The van der Waals surface area contributed by atoms with E-state index in [2.05, 4.69) is 26.1 Å².